The van der Waals surface area contributed by atoms with Crippen molar-refractivity contribution in [1.82, 2.24) is 10.0 Å². The molecule has 1 saturated heterocycles. The first-order valence-corrected chi connectivity index (χ1v) is 9.54. The third kappa shape index (κ3) is 6.05. The van der Waals surface area contributed by atoms with Crippen LogP contribution in [0, 0.1) is 0 Å². The van der Waals surface area contributed by atoms with Crippen LogP contribution in [-0.4, -0.2) is 33.0 Å². The minimum Gasteiger partial charge on any atom is -0.326 e. The fraction of sp³-hybridized carbons (Fsp3) is 0.562. The maximum Gasteiger partial charge on any atom is 0.240 e. The molecule has 1 aromatic rings. The van der Waals surface area contributed by atoms with Gasteiger partial charge in [0.05, 0.1) is 4.90 Å². The second-order valence-corrected chi connectivity index (χ2v) is 7.72. The highest BCUT2D eigenvalue weighted by Crippen LogP contribution is 2.17. The van der Waals surface area contributed by atoms with E-state index in [2.05, 4.69) is 15.4 Å². The average molecular weight is 376 g/mol. The molecule has 2 rings (SSSR count). The summed E-state index contributed by atoms with van der Waals surface area (Å²) in [5.41, 5.74) is 0.500. The van der Waals surface area contributed by atoms with Gasteiger partial charge in [0.25, 0.3) is 0 Å². The molecule has 1 heterocycles. The van der Waals surface area contributed by atoms with Crippen LogP contribution in [0.2, 0.25) is 0 Å². The normalized spacial score (nSPS) is 18.7. The first kappa shape index (κ1) is 20.9. The number of rotatable bonds is 7. The van der Waals surface area contributed by atoms with Crippen LogP contribution in [0.3, 0.4) is 0 Å². The molecular weight excluding hydrogens is 350 g/mol. The lowest BCUT2D eigenvalue weighted by Crippen LogP contribution is -2.32. The van der Waals surface area contributed by atoms with E-state index in [0.717, 1.165) is 19.4 Å². The number of carbonyl (C=O) groups excluding carboxylic acids is 1. The summed E-state index contributed by atoms with van der Waals surface area (Å²) >= 11 is 0. The van der Waals surface area contributed by atoms with Crippen LogP contribution in [0.25, 0.3) is 0 Å². The predicted molar refractivity (Wildman–Crippen MR) is 98.0 cm³/mol. The molecule has 0 saturated carbocycles. The van der Waals surface area contributed by atoms with Crippen molar-refractivity contribution in [2.75, 3.05) is 11.9 Å². The lowest BCUT2D eigenvalue weighted by atomic mass is 10.1. The maximum absolute atomic E-state index is 12.3. The molecule has 1 aliphatic heterocycles. The van der Waals surface area contributed by atoms with Crippen LogP contribution >= 0.6 is 12.4 Å². The number of carbonyl (C=O) groups is 1. The van der Waals surface area contributed by atoms with E-state index in [9.17, 15) is 13.2 Å². The van der Waals surface area contributed by atoms with Crippen LogP contribution < -0.4 is 15.4 Å². The molecule has 1 aliphatic rings. The standard InChI is InChI=1S/C16H25N3O3S.ClH/c1-3-12(2)19-23(21,22)15-8-4-6-14(10-15)18-16(20)11-13-7-5-9-17-13;/h4,6,8,10,12-13,17,19H,3,5,7,9,11H2,1-2H3,(H,18,20);1H. The third-order valence-corrected chi connectivity index (χ3v) is 5.58. The Morgan fingerprint density at radius 2 is 2.17 bits per heavy atom. The summed E-state index contributed by atoms with van der Waals surface area (Å²) in [6.45, 7) is 4.69. The molecule has 24 heavy (non-hydrogen) atoms. The minimum atomic E-state index is -3.57. The molecule has 0 radical (unpaired) electrons. The van der Waals surface area contributed by atoms with Gasteiger partial charge in [-0.25, -0.2) is 13.1 Å². The van der Waals surface area contributed by atoms with Gasteiger partial charge in [-0.2, -0.15) is 0 Å². The Balaban J connectivity index is 0.00000288. The third-order valence-electron chi connectivity index (χ3n) is 3.99. The SMILES string of the molecule is CCC(C)NS(=O)(=O)c1cccc(NC(=O)CC2CCCN2)c1.Cl. The highest BCUT2D eigenvalue weighted by molar-refractivity contribution is 7.89. The van der Waals surface area contributed by atoms with Crippen molar-refractivity contribution >= 4 is 34.0 Å². The number of benzene rings is 1. The van der Waals surface area contributed by atoms with E-state index < -0.39 is 10.0 Å². The summed E-state index contributed by atoms with van der Waals surface area (Å²) in [5, 5.41) is 6.05. The number of amides is 1. The first-order valence-electron chi connectivity index (χ1n) is 8.06. The molecule has 1 aromatic carbocycles. The van der Waals surface area contributed by atoms with Crippen molar-refractivity contribution in [3.8, 4) is 0 Å². The lowest BCUT2D eigenvalue weighted by Gasteiger charge is -2.14. The molecule has 1 fully saturated rings. The van der Waals surface area contributed by atoms with Gasteiger partial charge in [0.1, 0.15) is 0 Å². The Kier molecular flexibility index (Phi) is 8.15. The van der Waals surface area contributed by atoms with E-state index in [1.165, 1.54) is 12.1 Å². The van der Waals surface area contributed by atoms with Gasteiger partial charge in [-0.05, 0) is 50.9 Å². The molecule has 2 unspecified atom stereocenters. The molecule has 6 nitrogen and oxygen atoms in total. The topological polar surface area (TPSA) is 87.3 Å². The monoisotopic (exact) mass is 375 g/mol. The van der Waals surface area contributed by atoms with Crippen LogP contribution in [-0.2, 0) is 14.8 Å². The molecule has 0 aromatic heterocycles. The van der Waals surface area contributed by atoms with E-state index in [1.807, 2.05) is 13.8 Å². The van der Waals surface area contributed by atoms with Crippen molar-refractivity contribution in [2.45, 2.75) is 56.5 Å². The fourth-order valence-corrected chi connectivity index (χ4v) is 3.90. The van der Waals surface area contributed by atoms with Gasteiger partial charge in [0.2, 0.25) is 15.9 Å². The number of halogens is 1. The summed E-state index contributed by atoms with van der Waals surface area (Å²) in [4.78, 5) is 12.2. The Morgan fingerprint density at radius 3 is 2.79 bits per heavy atom. The van der Waals surface area contributed by atoms with Crippen molar-refractivity contribution in [3.63, 3.8) is 0 Å². The highest BCUT2D eigenvalue weighted by Gasteiger charge is 2.19. The zero-order chi connectivity index (χ0) is 16.9. The second-order valence-electron chi connectivity index (χ2n) is 6.00. The molecular formula is C16H26ClN3O3S. The lowest BCUT2D eigenvalue weighted by molar-refractivity contribution is -0.116. The Bertz CT molecular complexity index is 646. The van der Waals surface area contributed by atoms with Crippen molar-refractivity contribution in [1.29, 1.82) is 0 Å². The average Bonchev–Trinajstić information content (AvgIpc) is 2.99. The Morgan fingerprint density at radius 1 is 1.42 bits per heavy atom. The second kappa shape index (κ2) is 9.36. The molecule has 0 aliphatic carbocycles. The molecule has 1 amide bonds. The zero-order valence-electron chi connectivity index (χ0n) is 14.0. The molecule has 3 N–H and O–H groups in total. The number of hydrogen-bond donors (Lipinski definition) is 3. The van der Waals surface area contributed by atoms with E-state index in [-0.39, 0.29) is 35.3 Å². The number of anilines is 1. The van der Waals surface area contributed by atoms with Crippen LogP contribution in [0.15, 0.2) is 29.2 Å². The molecule has 2 atom stereocenters. The summed E-state index contributed by atoms with van der Waals surface area (Å²) in [6, 6.07) is 6.43. The van der Waals surface area contributed by atoms with E-state index >= 15 is 0 Å². The van der Waals surface area contributed by atoms with Crippen LogP contribution in [0.4, 0.5) is 5.69 Å². The van der Waals surface area contributed by atoms with Crippen molar-refractivity contribution < 1.29 is 13.2 Å². The first-order chi connectivity index (χ1) is 10.9. The van der Waals surface area contributed by atoms with Crippen LogP contribution in [0.1, 0.15) is 39.5 Å². The molecule has 136 valence electrons. The Hall–Kier alpha value is -1.15. The number of sulfonamides is 1. The van der Waals surface area contributed by atoms with Gasteiger partial charge in [0, 0.05) is 24.2 Å². The minimum absolute atomic E-state index is 0. The summed E-state index contributed by atoms with van der Waals surface area (Å²) < 4.78 is 27.2. The van der Waals surface area contributed by atoms with Gasteiger partial charge in [0.15, 0.2) is 0 Å². The van der Waals surface area contributed by atoms with E-state index in [0.29, 0.717) is 18.5 Å². The van der Waals surface area contributed by atoms with Crippen molar-refractivity contribution in [3.05, 3.63) is 24.3 Å². The Labute approximate surface area is 150 Å². The van der Waals surface area contributed by atoms with Gasteiger partial charge < -0.3 is 10.6 Å². The number of hydrogen-bond acceptors (Lipinski definition) is 4. The van der Waals surface area contributed by atoms with Crippen LogP contribution in [0.5, 0.6) is 0 Å². The quantitative estimate of drug-likeness (QED) is 0.682. The van der Waals surface area contributed by atoms with Gasteiger partial charge in [-0.1, -0.05) is 13.0 Å². The summed E-state index contributed by atoms with van der Waals surface area (Å²) in [5.74, 6) is -0.103. The molecule has 0 spiro atoms. The molecule has 8 heteroatoms. The maximum atomic E-state index is 12.3. The van der Waals surface area contributed by atoms with Gasteiger partial charge in [-0.3, -0.25) is 4.79 Å². The van der Waals surface area contributed by atoms with Crippen molar-refractivity contribution in [2.24, 2.45) is 0 Å². The fourth-order valence-electron chi connectivity index (χ4n) is 2.52. The van der Waals surface area contributed by atoms with E-state index in [4.69, 9.17) is 0 Å². The number of nitrogens with one attached hydrogen (secondary N) is 3. The zero-order valence-corrected chi connectivity index (χ0v) is 15.7. The largest absolute Gasteiger partial charge is 0.326 e. The predicted octanol–water partition coefficient (Wildman–Crippen LogP) is 2.27. The summed E-state index contributed by atoms with van der Waals surface area (Å²) in [6.07, 6.45) is 3.21. The summed E-state index contributed by atoms with van der Waals surface area (Å²) in [7, 11) is -3.57. The van der Waals surface area contributed by atoms with Gasteiger partial charge >= 0.3 is 0 Å². The van der Waals surface area contributed by atoms with Gasteiger partial charge in [-0.15, -0.1) is 12.4 Å². The molecule has 0 bridgehead atoms. The van der Waals surface area contributed by atoms with E-state index in [1.54, 1.807) is 12.1 Å². The smallest absolute Gasteiger partial charge is 0.240 e. The highest BCUT2D eigenvalue weighted by atomic mass is 35.5.